The minimum atomic E-state index is -0.381. The summed E-state index contributed by atoms with van der Waals surface area (Å²) in [5.74, 6) is 1.71. The Hall–Kier alpha value is -3.61. The quantitative estimate of drug-likeness (QED) is 0.507. The molecular weight excluding hydrogens is 458 g/mol. The molecule has 1 amide bonds. The van der Waals surface area contributed by atoms with Crippen LogP contribution in [-0.4, -0.2) is 87.7 Å². The number of amidine groups is 1. The number of carbonyl (C=O) groups is 1. The molecule has 9 heteroatoms. The third-order valence-corrected chi connectivity index (χ3v) is 6.60. The molecule has 1 N–H and O–H groups in total. The largest absolute Gasteiger partial charge is 0.493 e. The van der Waals surface area contributed by atoms with E-state index < -0.39 is 0 Å². The molecule has 0 radical (unpaired) electrons. The molecule has 2 aromatic rings. The van der Waals surface area contributed by atoms with Crippen LogP contribution in [0, 0.1) is 11.3 Å². The zero-order valence-corrected chi connectivity index (χ0v) is 21.1. The Balaban J connectivity index is 1.78. The van der Waals surface area contributed by atoms with E-state index in [1.807, 2.05) is 42.2 Å². The Morgan fingerprint density at radius 3 is 2.58 bits per heavy atom. The average Bonchev–Trinajstić information content (AvgIpc) is 3.19. The van der Waals surface area contributed by atoms with Crippen molar-refractivity contribution < 1.29 is 19.0 Å². The minimum absolute atomic E-state index is 0.0695. The van der Waals surface area contributed by atoms with Crippen molar-refractivity contribution in [2.24, 2.45) is 4.99 Å². The van der Waals surface area contributed by atoms with Crippen molar-refractivity contribution in [1.29, 1.82) is 5.26 Å². The molecule has 2 aliphatic rings. The molecule has 2 saturated heterocycles. The molecule has 0 saturated carbocycles. The fourth-order valence-corrected chi connectivity index (χ4v) is 4.78. The van der Waals surface area contributed by atoms with Gasteiger partial charge in [-0.1, -0.05) is 30.3 Å². The second-order valence-corrected chi connectivity index (χ2v) is 8.72. The fraction of sp³-hybridized carbons (Fsp3) is 0.444. The maximum absolute atomic E-state index is 13.5. The van der Waals surface area contributed by atoms with Gasteiger partial charge in [-0.3, -0.25) is 4.79 Å². The first kappa shape index (κ1) is 25.5. The van der Waals surface area contributed by atoms with Crippen LogP contribution >= 0.6 is 0 Å². The van der Waals surface area contributed by atoms with Crippen LogP contribution in [0.25, 0.3) is 11.1 Å². The zero-order valence-electron chi connectivity index (χ0n) is 21.1. The lowest BCUT2D eigenvalue weighted by molar-refractivity contribution is -0.139. The van der Waals surface area contributed by atoms with Gasteiger partial charge in [0, 0.05) is 37.8 Å². The number of rotatable bonds is 5. The predicted octanol–water partition coefficient (Wildman–Crippen LogP) is 2.82. The van der Waals surface area contributed by atoms with Gasteiger partial charge in [-0.05, 0) is 25.5 Å². The Labute approximate surface area is 212 Å². The molecule has 2 aliphatic heterocycles. The number of nitrogens with one attached hydrogen (secondary N) is 1. The topological polar surface area (TPSA) is 99.4 Å². The number of morpholine rings is 1. The van der Waals surface area contributed by atoms with E-state index in [0.717, 1.165) is 18.5 Å². The minimum Gasteiger partial charge on any atom is -0.493 e. The van der Waals surface area contributed by atoms with Crippen LogP contribution in [0.3, 0.4) is 0 Å². The van der Waals surface area contributed by atoms with Gasteiger partial charge < -0.3 is 29.3 Å². The van der Waals surface area contributed by atoms with Crippen LogP contribution in [0.5, 0.6) is 11.5 Å². The molecule has 0 aromatic heterocycles. The van der Waals surface area contributed by atoms with E-state index in [2.05, 4.69) is 16.3 Å². The number of nitriles is 1. The first-order valence-corrected chi connectivity index (χ1v) is 12.2. The standard InChI is InChI=1S/C27H33N5O4/c1-19(32-11-7-10-29-18-23(32)27(33)31-12-14-36-15-13-31)30-22-16-24(34-2)26(35-3)25(21(22)17-28)20-8-5-4-6-9-20/h4-6,8-9,16,23,29H,7,10-15,18H2,1-3H3/b30-19+. The molecule has 0 aliphatic carbocycles. The SMILES string of the molecule is COc1cc(/N=C(\C)N2CCCNCC2C(=O)N2CCOCC2)c(C#N)c(-c2ccccc2)c1OC. The molecule has 4 rings (SSSR count). The second-order valence-electron chi connectivity index (χ2n) is 8.72. The summed E-state index contributed by atoms with van der Waals surface area (Å²) < 4.78 is 16.7. The van der Waals surface area contributed by atoms with E-state index in [4.69, 9.17) is 19.2 Å². The van der Waals surface area contributed by atoms with E-state index >= 15 is 0 Å². The van der Waals surface area contributed by atoms with Gasteiger partial charge in [0.25, 0.3) is 0 Å². The number of aliphatic imine (C=N–C) groups is 1. The third-order valence-electron chi connectivity index (χ3n) is 6.60. The van der Waals surface area contributed by atoms with Crippen molar-refractivity contribution in [2.75, 3.05) is 60.2 Å². The molecule has 1 atom stereocenters. The van der Waals surface area contributed by atoms with Gasteiger partial charge in [0.1, 0.15) is 17.9 Å². The van der Waals surface area contributed by atoms with Crippen molar-refractivity contribution in [1.82, 2.24) is 15.1 Å². The summed E-state index contributed by atoms with van der Waals surface area (Å²) in [6.45, 7) is 6.23. The van der Waals surface area contributed by atoms with Crippen molar-refractivity contribution in [3.8, 4) is 28.7 Å². The van der Waals surface area contributed by atoms with Crippen molar-refractivity contribution in [3.05, 3.63) is 42.0 Å². The molecule has 2 heterocycles. The predicted molar refractivity (Wildman–Crippen MR) is 138 cm³/mol. The first-order chi connectivity index (χ1) is 17.6. The highest BCUT2D eigenvalue weighted by molar-refractivity contribution is 5.92. The Morgan fingerprint density at radius 2 is 1.92 bits per heavy atom. The summed E-state index contributed by atoms with van der Waals surface area (Å²) in [4.78, 5) is 22.3. The number of hydrogen-bond acceptors (Lipinski definition) is 7. The van der Waals surface area contributed by atoms with Crippen LogP contribution in [0.4, 0.5) is 5.69 Å². The zero-order chi connectivity index (χ0) is 25.5. The lowest BCUT2D eigenvalue weighted by Crippen LogP contribution is -2.55. The molecule has 190 valence electrons. The second kappa shape index (κ2) is 11.9. The maximum Gasteiger partial charge on any atom is 0.246 e. The number of nitrogens with zero attached hydrogens (tertiary/aromatic N) is 4. The fourth-order valence-electron chi connectivity index (χ4n) is 4.78. The number of methoxy groups -OCH3 is 2. The molecule has 1 unspecified atom stereocenters. The third kappa shape index (κ3) is 5.30. The van der Waals surface area contributed by atoms with Gasteiger partial charge >= 0.3 is 0 Å². The summed E-state index contributed by atoms with van der Waals surface area (Å²) in [5, 5.41) is 13.6. The average molecular weight is 492 g/mol. The van der Waals surface area contributed by atoms with E-state index in [1.54, 1.807) is 20.3 Å². The summed E-state index contributed by atoms with van der Waals surface area (Å²) >= 11 is 0. The van der Waals surface area contributed by atoms with E-state index in [0.29, 0.717) is 73.5 Å². The van der Waals surface area contributed by atoms with Crippen LogP contribution in [0.2, 0.25) is 0 Å². The van der Waals surface area contributed by atoms with Crippen molar-refractivity contribution >= 4 is 17.4 Å². The molecule has 9 nitrogen and oxygen atoms in total. The van der Waals surface area contributed by atoms with Gasteiger partial charge in [0.2, 0.25) is 5.91 Å². The van der Waals surface area contributed by atoms with Crippen LogP contribution in [0.1, 0.15) is 18.9 Å². The number of carbonyl (C=O) groups excluding carboxylic acids is 1. The van der Waals surface area contributed by atoms with Gasteiger partial charge in [-0.2, -0.15) is 5.26 Å². The van der Waals surface area contributed by atoms with Crippen molar-refractivity contribution in [3.63, 3.8) is 0 Å². The maximum atomic E-state index is 13.5. The van der Waals surface area contributed by atoms with E-state index in [1.165, 1.54) is 0 Å². The molecule has 2 aromatic carbocycles. The highest BCUT2D eigenvalue weighted by Gasteiger charge is 2.33. The highest BCUT2D eigenvalue weighted by Crippen LogP contribution is 2.45. The van der Waals surface area contributed by atoms with Gasteiger partial charge in [0.05, 0.1) is 38.7 Å². The normalized spacial score (nSPS) is 18.8. The lowest BCUT2D eigenvalue weighted by Gasteiger charge is -2.36. The molecule has 0 bridgehead atoms. The highest BCUT2D eigenvalue weighted by atomic mass is 16.5. The van der Waals surface area contributed by atoms with Crippen LogP contribution < -0.4 is 14.8 Å². The summed E-state index contributed by atoms with van der Waals surface area (Å²) in [7, 11) is 3.13. The number of benzene rings is 2. The van der Waals surface area contributed by atoms with E-state index in [9.17, 15) is 10.1 Å². The first-order valence-electron chi connectivity index (χ1n) is 12.2. The smallest absolute Gasteiger partial charge is 0.246 e. The van der Waals surface area contributed by atoms with Gasteiger partial charge in [-0.25, -0.2) is 4.99 Å². The molecule has 2 fully saturated rings. The lowest BCUT2D eigenvalue weighted by atomic mass is 9.97. The summed E-state index contributed by atoms with van der Waals surface area (Å²) in [5.41, 5.74) is 2.33. The number of hydrogen-bond donors (Lipinski definition) is 1. The Kier molecular flexibility index (Phi) is 8.41. The summed E-state index contributed by atoms with van der Waals surface area (Å²) in [6.07, 6.45) is 0.881. The van der Waals surface area contributed by atoms with Gasteiger partial charge in [-0.15, -0.1) is 0 Å². The number of ether oxygens (including phenoxy) is 3. The molecular formula is C27H33N5O4. The van der Waals surface area contributed by atoms with Crippen LogP contribution in [0.15, 0.2) is 41.4 Å². The number of amides is 1. The van der Waals surface area contributed by atoms with Crippen molar-refractivity contribution in [2.45, 2.75) is 19.4 Å². The monoisotopic (exact) mass is 491 g/mol. The Bertz CT molecular complexity index is 1140. The Morgan fingerprint density at radius 1 is 1.17 bits per heavy atom. The molecule has 0 spiro atoms. The van der Waals surface area contributed by atoms with Crippen LogP contribution in [-0.2, 0) is 9.53 Å². The van der Waals surface area contributed by atoms with Gasteiger partial charge in [0.15, 0.2) is 11.5 Å². The van der Waals surface area contributed by atoms with E-state index in [-0.39, 0.29) is 11.9 Å². The molecule has 36 heavy (non-hydrogen) atoms. The summed E-state index contributed by atoms with van der Waals surface area (Å²) in [6, 6.07) is 13.3.